The third kappa shape index (κ3) is 2.48. The summed E-state index contributed by atoms with van der Waals surface area (Å²) in [6.45, 7) is 4.34. The van der Waals surface area contributed by atoms with Crippen LogP contribution in [0.25, 0.3) is 0 Å². The molecular formula is C12H13N3O2S. The molecule has 1 aromatic carbocycles. The topological polar surface area (TPSA) is 68.1 Å². The molecule has 0 saturated carbocycles. The standard InChI is InChI=1S/C12H13N3O2S/c1-8-4-3-5-10(15(16)17)12(8)13-6-11-9(2)14-7-18-11/h3-5,7,13H,6H2,1-2H3. The first-order valence-corrected chi connectivity index (χ1v) is 6.34. The number of nitro groups is 1. The van der Waals surface area contributed by atoms with Crippen molar-refractivity contribution >= 4 is 22.7 Å². The van der Waals surface area contributed by atoms with E-state index in [0.29, 0.717) is 12.2 Å². The van der Waals surface area contributed by atoms with Gasteiger partial charge in [0, 0.05) is 10.9 Å². The number of aromatic nitrogens is 1. The van der Waals surface area contributed by atoms with Crippen molar-refractivity contribution < 1.29 is 4.92 Å². The maximum absolute atomic E-state index is 11.0. The maximum Gasteiger partial charge on any atom is 0.292 e. The number of hydrogen-bond acceptors (Lipinski definition) is 5. The molecule has 1 N–H and O–H groups in total. The number of anilines is 1. The monoisotopic (exact) mass is 263 g/mol. The SMILES string of the molecule is Cc1cccc([N+](=O)[O-])c1NCc1scnc1C. The van der Waals surface area contributed by atoms with E-state index >= 15 is 0 Å². The second-order valence-corrected chi connectivity index (χ2v) is 4.88. The molecule has 0 aliphatic heterocycles. The highest BCUT2D eigenvalue weighted by Crippen LogP contribution is 2.28. The predicted octanol–water partition coefficient (Wildman–Crippen LogP) is 3.28. The van der Waals surface area contributed by atoms with E-state index in [1.54, 1.807) is 22.9 Å². The van der Waals surface area contributed by atoms with Gasteiger partial charge in [0.05, 0.1) is 22.7 Å². The summed E-state index contributed by atoms with van der Waals surface area (Å²) < 4.78 is 0. The Morgan fingerprint density at radius 3 is 2.83 bits per heavy atom. The lowest BCUT2D eigenvalue weighted by Crippen LogP contribution is -2.04. The molecule has 0 radical (unpaired) electrons. The zero-order chi connectivity index (χ0) is 13.1. The number of thiazole rings is 1. The molecule has 0 amide bonds. The zero-order valence-corrected chi connectivity index (χ0v) is 11.0. The van der Waals surface area contributed by atoms with Gasteiger partial charge in [0.1, 0.15) is 5.69 Å². The quantitative estimate of drug-likeness (QED) is 0.679. The van der Waals surface area contributed by atoms with Crippen LogP contribution in [0.1, 0.15) is 16.1 Å². The third-order valence-electron chi connectivity index (χ3n) is 2.72. The van der Waals surface area contributed by atoms with Gasteiger partial charge in [-0.05, 0) is 19.4 Å². The van der Waals surface area contributed by atoms with Crippen molar-refractivity contribution in [3.63, 3.8) is 0 Å². The summed E-state index contributed by atoms with van der Waals surface area (Å²) in [7, 11) is 0. The highest BCUT2D eigenvalue weighted by Gasteiger charge is 2.15. The molecule has 94 valence electrons. The van der Waals surface area contributed by atoms with Crippen molar-refractivity contribution in [3.05, 3.63) is 50.0 Å². The molecule has 6 heteroatoms. The molecule has 0 atom stereocenters. The second kappa shape index (κ2) is 5.14. The highest BCUT2D eigenvalue weighted by atomic mass is 32.1. The fourth-order valence-corrected chi connectivity index (χ4v) is 2.42. The van der Waals surface area contributed by atoms with Crippen molar-refractivity contribution in [1.82, 2.24) is 4.98 Å². The number of nitrogens with one attached hydrogen (secondary N) is 1. The Bertz CT molecular complexity index is 580. The zero-order valence-electron chi connectivity index (χ0n) is 10.1. The number of benzene rings is 1. The Balaban J connectivity index is 2.24. The smallest absolute Gasteiger partial charge is 0.292 e. The van der Waals surface area contributed by atoms with Gasteiger partial charge in [-0.25, -0.2) is 4.98 Å². The molecule has 1 heterocycles. The molecule has 2 aromatic rings. The molecule has 5 nitrogen and oxygen atoms in total. The first-order valence-electron chi connectivity index (χ1n) is 5.46. The van der Waals surface area contributed by atoms with Crippen LogP contribution in [0.4, 0.5) is 11.4 Å². The van der Waals surface area contributed by atoms with Gasteiger partial charge < -0.3 is 5.32 Å². The van der Waals surface area contributed by atoms with Gasteiger partial charge in [0.25, 0.3) is 5.69 Å². The summed E-state index contributed by atoms with van der Waals surface area (Å²) in [6, 6.07) is 5.06. The van der Waals surface area contributed by atoms with Gasteiger partial charge in [0.2, 0.25) is 0 Å². The largest absolute Gasteiger partial charge is 0.374 e. The Labute approximate surface area is 109 Å². The van der Waals surface area contributed by atoms with Crippen molar-refractivity contribution in [3.8, 4) is 0 Å². The summed E-state index contributed by atoms with van der Waals surface area (Å²) >= 11 is 1.55. The normalized spacial score (nSPS) is 10.3. The molecule has 0 aliphatic carbocycles. The average molecular weight is 263 g/mol. The maximum atomic E-state index is 11.0. The number of para-hydroxylation sites is 1. The summed E-state index contributed by atoms with van der Waals surface area (Å²) in [5, 5.41) is 14.1. The lowest BCUT2D eigenvalue weighted by Gasteiger charge is -2.09. The number of nitrogens with zero attached hydrogens (tertiary/aromatic N) is 2. The molecule has 0 spiro atoms. The van der Waals surface area contributed by atoms with E-state index in [-0.39, 0.29) is 10.6 Å². The number of nitro benzene ring substituents is 1. The minimum absolute atomic E-state index is 0.108. The van der Waals surface area contributed by atoms with Crippen LogP contribution in [-0.2, 0) is 6.54 Å². The fourth-order valence-electron chi connectivity index (χ4n) is 1.70. The van der Waals surface area contributed by atoms with Crippen LogP contribution in [0.5, 0.6) is 0 Å². The first kappa shape index (κ1) is 12.5. The van der Waals surface area contributed by atoms with Crippen LogP contribution in [-0.4, -0.2) is 9.91 Å². The van der Waals surface area contributed by atoms with Gasteiger partial charge in [0.15, 0.2) is 0 Å². The molecule has 1 aromatic heterocycles. The van der Waals surface area contributed by atoms with Gasteiger partial charge in [-0.2, -0.15) is 0 Å². The number of rotatable bonds is 4. The van der Waals surface area contributed by atoms with E-state index in [2.05, 4.69) is 10.3 Å². The Kier molecular flexibility index (Phi) is 3.57. The second-order valence-electron chi connectivity index (χ2n) is 3.94. The van der Waals surface area contributed by atoms with Crippen LogP contribution in [0.2, 0.25) is 0 Å². The van der Waals surface area contributed by atoms with E-state index in [1.165, 1.54) is 6.07 Å². The van der Waals surface area contributed by atoms with Crippen LogP contribution in [0.3, 0.4) is 0 Å². The highest BCUT2D eigenvalue weighted by molar-refractivity contribution is 7.09. The molecule has 2 rings (SSSR count). The minimum Gasteiger partial charge on any atom is -0.374 e. The van der Waals surface area contributed by atoms with Crippen LogP contribution in [0, 0.1) is 24.0 Å². The van der Waals surface area contributed by atoms with E-state index in [1.807, 2.05) is 19.9 Å². The fraction of sp³-hybridized carbons (Fsp3) is 0.250. The summed E-state index contributed by atoms with van der Waals surface area (Å²) in [4.78, 5) is 15.8. The van der Waals surface area contributed by atoms with E-state index in [9.17, 15) is 10.1 Å². The lowest BCUT2D eigenvalue weighted by molar-refractivity contribution is -0.384. The Morgan fingerprint density at radius 2 is 2.22 bits per heavy atom. The van der Waals surface area contributed by atoms with Crippen molar-refractivity contribution in [1.29, 1.82) is 0 Å². The van der Waals surface area contributed by atoms with Gasteiger partial charge in [-0.3, -0.25) is 10.1 Å². The summed E-state index contributed by atoms with van der Waals surface area (Å²) in [5.41, 5.74) is 4.29. The molecule has 0 fully saturated rings. The summed E-state index contributed by atoms with van der Waals surface area (Å²) in [6.07, 6.45) is 0. The number of hydrogen-bond donors (Lipinski definition) is 1. The van der Waals surface area contributed by atoms with E-state index < -0.39 is 0 Å². The Hall–Kier alpha value is -1.95. The molecular weight excluding hydrogens is 250 g/mol. The van der Waals surface area contributed by atoms with Crippen LogP contribution >= 0.6 is 11.3 Å². The molecule has 0 bridgehead atoms. The lowest BCUT2D eigenvalue weighted by atomic mass is 10.1. The van der Waals surface area contributed by atoms with Gasteiger partial charge in [-0.1, -0.05) is 12.1 Å². The van der Waals surface area contributed by atoms with Gasteiger partial charge in [-0.15, -0.1) is 11.3 Å². The minimum atomic E-state index is -0.366. The van der Waals surface area contributed by atoms with Crippen molar-refractivity contribution in [2.24, 2.45) is 0 Å². The molecule has 0 aliphatic rings. The number of aryl methyl sites for hydroxylation is 2. The first-order chi connectivity index (χ1) is 8.59. The molecule has 18 heavy (non-hydrogen) atoms. The van der Waals surface area contributed by atoms with Gasteiger partial charge >= 0.3 is 0 Å². The van der Waals surface area contributed by atoms with Crippen molar-refractivity contribution in [2.75, 3.05) is 5.32 Å². The van der Waals surface area contributed by atoms with Crippen molar-refractivity contribution in [2.45, 2.75) is 20.4 Å². The summed E-state index contributed by atoms with van der Waals surface area (Å²) in [5.74, 6) is 0. The molecule has 0 unspecified atom stereocenters. The predicted molar refractivity (Wildman–Crippen MR) is 72.0 cm³/mol. The van der Waals surface area contributed by atoms with E-state index in [0.717, 1.165) is 16.1 Å². The van der Waals surface area contributed by atoms with E-state index in [4.69, 9.17) is 0 Å². The third-order valence-corrected chi connectivity index (χ3v) is 3.65. The van der Waals surface area contributed by atoms with Crippen LogP contribution < -0.4 is 5.32 Å². The molecule has 0 saturated heterocycles. The van der Waals surface area contributed by atoms with Crippen LogP contribution in [0.15, 0.2) is 23.7 Å². The average Bonchev–Trinajstić information content (AvgIpc) is 2.73. The Morgan fingerprint density at radius 1 is 1.44 bits per heavy atom.